The fourth-order valence-corrected chi connectivity index (χ4v) is 2.86. The normalized spacial score (nSPS) is 13.1. The van der Waals surface area contributed by atoms with E-state index in [1.807, 2.05) is 38.1 Å². The number of rotatable bonds is 6. The average molecular weight is 285 g/mol. The maximum atomic E-state index is 12.1. The number of aryl methyl sites for hydroxylation is 1. The average Bonchev–Trinajstić information content (AvgIpc) is 2.31. The van der Waals surface area contributed by atoms with Gasteiger partial charge in [0.15, 0.2) is 0 Å². The fraction of sp³-hybridized carbons (Fsp3) is 0.538. The molecule has 0 aromatic heterocycles. The predicted octanol–water partition coefficient (Wildman–Crippen LogP) is 1.41. The Balaban J connectivity index is 2.97. The fourth-order valence-electron chi connectivity index (χ4n) is 1.82. The van der Waals surface area contributed by atoms with E-state index in [4.69, 9.17) is 0 Å². The van der Waals surface area contributed by atoms with Crippen LogP contribution in [-0.2, 0) is 10.0 Å². The number of sulfonamides is 1. The highest BCUT2D eigenvalue weighted by atomic mass is 32.2. The van der Waals surface area contributed by atoms with Crippen molar-refractivity contribution in [1.29, 1.82) is 0 Å². The highest BCUT2D eigenvalue weighted by molar-refractivity contribution is 7.93. The molecule has 0 aliphatic carbocycles. The Morgan fingerprint density at radius 2 is 1.95 bits per heavy atom. The zero-order valence-electron chi connectivity index (χ0n) is 12.2. The molecule has 1 atom stereocenters. The highest BCUT2D eigenvalue weighted by Crippen LogP contribution is 2.23. The third kappa shape index (κ3) is 4.11. The van der Waals surface area contributed by atoms with Crippen molar-refractivity contribution in [2.75, 3.05) is 37.3 Å². The molecule has 0 fully saturated rings. The molecule has 0 bridgehead atoms. The molecule has 0 amide bonds. The van der Waals surface area contributed by atoms with Crippen molar-refractivity contribution < 1.29 is 8.42 Å². The SMILES string of the molecule is CNCC(C)S(=O)(=O)Nc1ccc(C)c(N(C)C)c1. The first kappa shape index (κ1) is 15.8. The second-order valence-electron chi connectivity index (χ2n) is 4.91. The van der Waals surface area contributed by atoms with Crippen LogP contribution in [0.2, 0.25) is 0 Å². The second-order valence-corrected chi connectivity index (χ2v) is 7.01. The van der Waals surface area contributed by atoms with Crippen molar-refractivity contribution in [2.24, 2.45) is 0 Å². The zero-order chi connectivity index (χ0) is 14.6. The lowest BCUT2D eigenvalue weighted by molar-refractivity contribution is 0.584. The summed E-state index contributed by atoms with van der Waals surface area (Å²) in [7, 11) is 2.25. The van der Waals surface area contributed by atoms with Crippen molar-refractivity contribution in [1.82, 2.24) is 5.32 Å². The summed E-state index contributed by atoms with van der Waals surface area (Å²) in [6.07, 6.45) is 0. The molecular weight excluding hydrogens is 262 g/mol. The topological polar surface area (TPSA) is 61.4 Å². The van der Waals surface area contributed by atoms with Gasteiger partial charge in [-0.15, -0.1) is 0 Å². The van der Waals surface area contributed by atoms with E-state index in [-0.39, 0.29) is 0 Å². The molecule has 0 aliphatic heterocycles. The van der Waals surface area contributed by atoms with Crippen LogP contribution >= 0.6 is 0 Å². The summed E-state index contributed by atoms with van der Waals surface area (Å²) in [5.41, 5.74) is 2.70. The van der Waals surface area contributed by atoms with Gasteiger partial charge in [-0.25, -0.2) is 8.42 Å². The largest absolute Gasteiger partial charge is 0.377 e. The number of hydrogen-bond acceptors (Lipinski definition) is 4. The minimum atomic E-state index is -3.36. The summed E-state index contributed by atoms with van der Waals surface area (Å²) in [6.45, 7) is 4.10. The molecule has 1 rings (SSSR count). The van der Waals surface area contributed by atoms with Crippen molar-refractivity contribution in [2.45, 2.75) is 19.1 Å². The van der Waals surface area contributed by atoms with Crippen molar-refractivity contribution in [3.05, 3.63) is 23.8 Å². The molecule has 5 nitrogen and oxygen atoms in total. The van der Waals surface area contributed by atoms with Gasteiger partial charge in [-0.1, -0.05) is 6.07 Å². The number of nitrogens with one attached hydrogen (secondary N) is 2. The van der Waals surface area contributed by atoms with Gasteiger partial charge >= 0.3 is 0 Å². The molecule has 0 saturated heterocycles. The molecule has 2 N–H and O–H groups in total. The van der Waals surface area contributed by atoms with Crippen LogP contribution in [0.3, 0.4) is 0 Å². The van der Waals surface area contributed by atoms with Crippen LogP contribution in [-0.4, -0.2) is 41.4 Å². The molecule has 1 aromatic rings. The quantitative estimate of drug-likeness (QED) is 0.829. The molecule has 0 radical (unpaired) electrons. The van der Waals surface area contributed by atoms with Gasteiger partial charge in [-0.3, -0.25) is 4.72 Å². The number of anilines is 2. The zero-order valence-corrected chi connectivity index (χ0v) is 13.0. The number of nitrogens with zero attached hydrogens (tertiary/aromatic N) is 1. The highest BCUT2D eigenvalue weighted by Gasteiger charge is 2.20. The van der Waals surface area contributed by atoms with Crippen LogP contribution in [0, 0.1) is 6.92 Å². The van der Waals surface area contributed by atoms with Gasteiger partial charge < -0.3 is 10.2 Å². The maximum absolute atomic E-state index is 12.1. The Morgan fingerprint density at radius 1 is 1.32 bits per heavy atom. The summed E-state index contributed by atoms with van der Waals surface area (Å²) >= 11 is 0. The van der Waals surface area contributed by atoms with Gasteiger partial charge in [0.05, 0.1) is 10.9 Å². The molecular formula is C13H23N3O2S. The molecule has 0 heterocycles. The molecule has 0 spiro atoms. The summed E-state index contributed by atoms with van der Waals surface area (Å²) in [5, 5.41) is 2.39. The Labute approximate surface area is 116 Å². The van der Waals surface area contributed by atoms with E-state index in [1.54, 1.807) is 20.0 Å². The lowest BCUT2D eigenvalue weighted by atomic mass is 10.2. The monoisotopic (exact) mass is 285 g/mol. The maximum Gasteiger partial charge on any atom is 0.236 e. The summed E-state index contributed by atoms with van der Waals surface area (Å²) in [4.78, 5) is 1.96. The summed E-state index contributed by atoms with van der Waals surface area (Å²) in [6, 6.07) is 5.54. The Morgan fingerprint density at radius 3 is 2.47 bits per heavy atom. The molecule has 1 aromatic carbocycles. The minimum Gasteiger partial charge on any atom is -0.377 e. The van der Waals surface area contributed by atoms with Gasteiger partial charge in [0.1, 0.15) is 0 Å². The number of benzene rings is 1. The smallest absolute Gasteiger partial charge is 0.236 e. The first-order valence-electron chi connectivity index (χ1n) is 6.22. The minimum absolute atomic E-state index is 0.418. The Bertz CT molecular complexity index is 527. The number of hydrogen-bond donors (Lipinski definition) is 2. The van der Waals surface area contributed by atoms with Crippen LogP contribution in [0.25, 0.3) is 0 Å². The van der Waals surface area contributed by atoms with Crippen molar-refractivity contribution in [3.63, 3.8) is 0 Å². The van der Waals surface area contributed by atoms with E-state index in [9.17, 15) is 8.42 Å². The predicted molar refractivity (Wildman–Crippen MR) is 81.4 cm³/mol. The van der Waals surface area contributed by atoms with Crippen LogP contribution in [0.15, 0.2) is 18.2 Å². The molecule has 0 aliphatic rings. The third-order valence-electron chi connectivity index (χ3n) is 2.97. The molecule has 19 heavy (non-hydrogen) atoms. The Kier molecular flexibility index (Phi) is 5.20. The van der Waals surface area contributed by atoms with E-state index >= 15 is 0 Å². The van der Waals surface area contributed by atoms with Gasteiger partial charge in [0.2, 0.25) is 10.0 Å². The van der Waals surface area contributed by atoms with Gasteiger partial charge in [0.25, 0.3) is 0 Å². The van der Waals surface area contributed by atoms with E-state index in [0.29, 0.717) is 12.2 Å². The summed E-state index contributed by atoms with van der Waals surface area (Å²) in [5.74, 6) is 0. The molecule has 6 heteroatoms. The standard InChI is InChI=1S/C13H23N3O2S/c1-10-6-7-12(8-13(10)16(4)5)15-19(17,18)11(2)9-14-3/h6-8,11,14-15H,9H2,1-5H3. The van der Waals surface area contributed by atoms with E-state index in [1.165, 1.54) is 0 Å². The van der Waals surface area contributed by atoms with E-state index < -0.39 is 15.3 Å². The van der Waals surface area contributed by atoms with Crippen LogP contribution < -0.4 is 14.9 Å². The molecule has 0 saturated carbocycles. The Hall–Kier alpha value is -1.27. The third-order valence-corrected chi connectivity index (χ3v) is 4.72. The van der Waals surface area contributed by atoms with Crippen LogP contribution in [0.4, 0.5) is 11.4 Å². The van der Waals surface area contributed by atoms with E-state index in [2.05, 4.69) is 10.0 Å². The molecule has 1 unspecified atom stereocenters. The van der Waals surface area contributed by atoms with Crippen molar-refractivity contribution >= 4 is 21.4 Å². The lowest BCUT2D eigenvalue weighted by Gasteiger charge is -2.19. The molecule has 108 valence electrons. The van der Waals surface area contributed by atoms with Gasteiger partial charge in [-0.05, 0) is 38.6 Å². The van der Waals surface area contributed by atoms with E-state index in [0.717, 1.165) is 11.3 Å². The first-order valence-corrected chi connectivity index (χ1v) is 7.76. The first-order chi connectivity index (χ1) is 8.77. The van der Waals surface area contributed by atoms with Crippen LogP contribution in [0.5, 0.6) is 0 Å². The second kappa shape index (κ2) is 6.25. The summed E-state index contributed by atoms with van der Waals surface area (Å²) < 4.78 is 26.8. The lowest BCUT2D eigenvalue weighted by Crippen LogP contribution is -2.33. The van der Waals surface area contributed by atoms with Gasteiger partial charge in [-0.2, -0.15) is 0 Å². The van der Waals surface area contributed by atoms with Crippen molar-refractivity contribution in [3.8, 4) is 0 Å². The van der Waals surface area contributed by atoms with Crippen LogP contribution in [0.1, 0.15) is 12.5 Å². The van der Waals surface area contributed by atoms with Gasteiger partial charge in [0, 0.05) is 26.3 Å².